The van der Waals surface area contributed by atoms with Crippen molar-refractivity contribution in [2.45, 2.75) is 26.3 Å². The van der Waals surface area contributed by atoms with Crippen molar-refractivity contribution in [1.82, 2.24) is 29.5 Å². The Kier molecular flexibility index (Phi) is 16.2. The molecule has 4 aromatic rings. The average molecular weight is 583 g/mol. The van der Waals surface area contributed by atoms with Crippen LogP contribution < -0.4 is 0 Å². The van der Waals surface area contributed by atoms with Gasteiger partial charge < -0.3 is 5.11 Å². The molecule has 0 fully saturated rings. The minimum absolute atomic E-state index is 0. The van der Waals surface area contributed by atoms with Gasteiger partial charge in [-0.15, -0.1) is 24.0 Å². The van der Waals surface area contributed by atoms with Crippen molar-refractivity contribution in [3.8, 4) is 22.8 Å². The zero-order valence-corrected chi connectivity index (χ0v) is 23.3. The molecule has 0 aromatic carbocycles. The maximum Gasteiger partial charge on any atom is 0.211 e. The fourth-order valence-corrected chi connectivity index (χ4v) is 3.00. The minimum atomic E-state index is -1.67. The van der Waals surface area contributed by atoms with Crippen LogP contribution in [0.1, 0.15) is 26.3 Å². The average Bonchev–Trinajstić information content (AvgIpc) is 3.47. The molecule has 0 spiro atoms. The Morgan fingerprint density at radius 2 is 1.31 bits per heavy atom. The summed E-state index contributed by atoms with van der Waals surface area (Å²) in [5, 5.41) is 17.3. The van der Waals surface area contributed by atoms with Crippen LogP contribution >= 0.6 is 45.4 Å². The first-order valence-electron chi connectivity index (χ1n) is 10.6. The molecule has 35 heavy (non-hydrogen) atoms. The summed E-state index contributed by atoms with van der Waals surface area (Å²) in [6, 6.07) is 11.3. The summed E-state index contributed by atoms with van der Waals surface area (Å²) in [4.78, 5) is 8.54. The molecule has 0 radical (unpaired) electrons. The molecule has 13 heteroatoms. The number of aliphatic hydroxyl groups is 1. The summed E-state index contributed by atoms with van der Waals surface area (Å²) in [5.74, 6) is 0.467. The number of pyridine rings is 2. The van der Waals surface area contributed by atoms with Crippen LogP contribution in [0.3, 0.4) is 0 Å². The molecule has 0 aliphatic carbocycles. The third-order valence-electron chi connectivity index (χ3n) is 4.22. The first-order valence-corrected chi connectivity index (χ1v) is 13.2. The number of halogens is 4. The molecular weight excluding hydrogens is 554 g/mol. The molecule has 0 unspecified atom stereocenters. The van der Waals surface area contributed by atoms with E-state index in [-0.39, 0.29) is 19.0 Å². The Labute approximate surface area is 229 Å². The molecule has 0 atom stereocenters. The van der Waals surface area contributed by atoms with E-state index < -0.39 is 9.23 Å². The van der Waals surface area contributed by atoms with Gasteiger partial charge in [0.1, 0.15) is 0 Å². The van der Waals surface area contributed by atoms with Gasteiger partial charge in [0.05, 0.1) is 29.4 Å². The highest BCUT2D eigenvalue weighted by atomic mass is 36.0. The third kappa shape index (κ3) is 10.6. The number of rotatable bonds is 4. The first-order chi connectivity index (χ1) is 16.8. The van der Waals surface area contributed by atoms with Crippen LogP contribution in [0.5, 0.6) is 0 Å². The van der Waals surface area contributed by atoms with Crippen LogP contribution in [0, 0.1) is 0 Å². The van der Waals surface area contributed by atoms with Crippen LogP contribution in [0.15, 0.2) is 61.2 Å². The van der Waals surface area contributed by atoms with Crippen LogP contribution in [-0.4, -0.2) is 38.8 Å². The summed E-state index contributed by atoms with van der Waals surface area (Å²) in [6.07, 6.45) is 6.94. The molecule has 4 rings (SSSR count). The molecule has 0 saturated carbocycles. The summed E-state index contributed by atoms with van der Waals surface area (Å²) in [6.45, 7) is 2.29. The topological polar surface area (TPSA) is 98.7 Å². The van der Waals surface area contributed by atoms with Gasteiger partial charge in [0.25, 0.3) is 0 Å². The Hall–Kier alpha value is -2.01. The van der Waals surface area contributed by atoms with E-state index in [2.05, 4.69) is 41.5 Å². The smallest absolute Gasteiger partial charge is 0.211 e. The summed E-state index contributed by atoms with van der Waals surface area (Å²) in [7, 11) is 11.1. The van der Waals surface area contributed by atoms with Gasteiger partial charge in [0.2, 0.25) is 9.23 Å². The third-order valence-corrected chi connectivity index (χ3v) is 4.51. The van der Waals surface area contributed by atoms with Crippen LogP contribution in [0.2, 0.25) is 0 Å². The maximum atomic E-state index is 9.14. The zero-order chi connectivity index (χ0) is 26.2. The number of hydrogen-bond donors (Lipinski definition) is 1. The number of aryl methyl sites for hydroxylation is 2. The molecular formula is C22H28Cl4N6O2S. The number of aromatic nitrogens is 6. The van der Waals surface area contributed by atoms with Gasteiger partial charge in [-0.2, -0.15) is 10.2 Å². The van der Waals surface area contributed by atoms with E-state index in [0.29, 0.717) is 12.8 Å². The van der Waals surface area contributed by atoms with Crippen molar-refractivity contribution in [3.05, 3.63) is 72.3 Å². The Morgan fingerprint density at radius 1 is 0.914 bits per heavy atom. The fourth-order valence-electron chi connectivity index (χ4n) is 2.79. The number of alkyl halides is 1. The molecule has 0 aliphatic heterocycles. The van der Waals surface area contributed by atoms with E-state index in [1.54, 1.807) is 41.1 Å². The normalized spacial score (nSPS) is 9.89. The van der Waals surface area contributed by atoms with E-state index in [1.165, 1.54) is 0 Å². The predicted octanol–water partition coefficient (Wildman–Crippen LogP) is 5.69. The van der Waals surface area contributed by atoms with Crippen molar-refractivity contribution in [2.75, 3.05) is 0 Å². The van der Waals surface area contributed by atoms with Gasteiger partial charge in [-0.25, -0.2) is 4.21 Å². The highest BCUT2D eigenvalue weighted by Gasteiger charge is 2.09. The lowest BCUT2D eigenvalue weighted by molar-refractivity contribution is 0.282. The highest BCUT2D eigenvalue weighted by molar-refractivity contribution is 8.26. The molecule has 0 saturated heterocycles. The number of aliphatic hydroxyl groups excluding tert-OH is 1. The Bertz CT molecular complexity index is 1090. The van der Waals surface area contributed by atoms with Gasteiger partial charge in [-0.05, 0) is 29.8 Å². The van der Waals surface area contributed by atoms with E-state index in [9.17, 15) is 0 Å². The maximum absolute atomic E-state index is 9.14. The monoisotopic (exact) mass is 581 g/mol. The largest absolute Gasteiger partial charge is 0.392 e. The first kappa shape index (κ1) is 31.0. The lowest BCUT2D eigenvalue weighted by atomic mass is 10.1. The molecule has 192 valence electrons. The second-order valence-electron chi connectivity index (χ2n) is 6.18. The van der Waals surface area contributed by atoms with Gasteiger partial charge in [-0.1, -0.05) is 26.0 Å². The molecule has 0 bridgehead atoms. The van der Waals surface area contributed by atoms with Crippen molar-refractivity contribution in [3.63, 3.8) is 0 Å². The van der Waals surface area contributed by atoms with Crippen LogP contribution in [0.4, 0.5) is 0 Å². The quantitative estimate of drug-likeness (QED) is 0.245. The van der Waals surface area contributed by atoms with Crippen molar-refractivity contribution >= 4 is 54.6 Å². The zero-order valence-electron chi connectivity index (χ0n) is 20.4. The second-order valence-corrected chi connectivity index (χ2v) is 8.97. The molecule has 4 aromatic heterocycles. The van der Waals surface area contributed by atoms with Gasteiger partial charge in [0.15, 0.2) is 0 Å². The molecule has 0 aliphatic rings. The van der Waals surface area contributed by atoms with E-state index >= 15 is 0 Å². The van der Waals surface area contributed by atoms with Crippen LogP contribution in [-0.2, 0) is 35.8 Å². The van der Waals surface area contributed by atoms with Gasteiger partial charge >= 0.3 is 0 Å². The Morgan fingerprint density at radius 3 is 1.66 bits per heavy atom. The number of nitrogens with zero attached hydrogens (tertiary/aromatic N) is 6. The van der Waals surface area contributed by atoms with E-state index in [1.807, 2.05) is 50.5 Å². The lowest BCUT2D eigenvalue weighted by Crippen LogP contribution is -1.98. The second kappa shape index (κ2) is 18.3. The molecule has 1 N–H and O–H groups in total. The summed E-state index contributed by atoms with van der Waals surface area (Å²) in [5.41, 5.74) is 5.43. The van der Waals surface area contributed by atoms with Crippen molar-refractivity contribution in [1.29, 1.82) is 0 Å². The van der Waals surface area contributed by atoms with Crippen molar-refractivity contribution in [2.24, 2.45) is 14.1 Å². The standard InChI is InChI=1S/C10H10ClN3.C10H11N3O.C2H6.Cl2OS.ClH/c1-14-9(4-6-13-14)10-8(7-11)3-2-5-12-10;1-13-9(4-6-12-13)10-8(7-14)3-2-5-11-10;1-2;1-4(2)3;/h2-6H,7H2,1H3;2-6,14H,7H2,1H3;1-2H3;;1H/i;;1D;;. The van der Waals surface area contributed by atoms with Gasteiger partial charge in [-0.3, -0.25) is 19.3 Å². The Balaban J connectivity index is 0.000000531. The molecule has 0 amide bonds. The van der Waals surface area contributed by atoms with E-state index in [4.69, 9.17) is 22.3 Å². The minimum Gasteiger partial charge on any atom is -0.392 e. The predicted molar refractivity (Wildman–Crippen MR) is 147 cm³/mol. The summed E-state index contributed by atoms with van der Waals surface area (Å²) >= 11 is 5.83. The highest BCUT2D eigenvalue weighted by Crippen LogP contribution is 2.21. The number of hydrogen-bond acceptors (Lipinski definition) is 6. The fraction of sp³-hybridized carbons (Fsp3) is 0.273. The lowest BCUT2D eigenvalue weighted by Gasteiger charge is -2.05. The summed E-state index contributed by atoms with van der Waals surface area (Å²) < 4.78 is 18.8. The van der Waals surface area contributed by atoms with E-state index in [0.717, 1.165) is 33.9 Å². The van der Waals surface area contributed by atoms with Gasteiger partial charge in [0, 0.05) is 73.1 Å². The molecule has 4 heterocycles. The van der Waals surface area contributed by atoms with Crippen molar-refractivity contribution < 1.29 is 10.7 Å². The SMILES string of the molecule is Cl.Cn1nccc1-c1ncccc1CCl.Cn1nccc1-c1ncccc1CO.O=S(Cl)Cl.[2H]CC. The molecule has 8 nitrogen and oxygen atoms in total. The van der Waals surface area contributed by atoms with Crippen LogP contribution in [0.25, 0.3) is 22.8 Å².